The van der Waals surface area contributed by atoms with Gasteiger partial charge in [0.05, 0.1) is 11.2 Å². The van der Waals surface area contributed by atoms with E-state index in [1.54, 1.807) is 6.07 Å². The van der Waals surface area contributed by atoms with Gasteiger partial charge in [0.2, 0.25) is 0 Å². The topological polar surface area (TPSA) is 49.7 Å². The summed E-state index contributed by atoms with van der Waals surface area (Å²) in [5.74, 6) is -0.330. The number of para-hydroxylation sites is 1. The highest BCUT2D eigenvalue weighted by Crippen LogP contribution is 2.41. The lowest BCUT2D eigenvalue weighted by atomic mass is 10.0. The van der Waals surface area contributed by atoms with E-state index < -0.39 is 0 Å². The molecule has 0 spiro atoms. The molecule has 4 heterocycles. The molecule has 1 unspecified atom stereocenters. The molecule has 42 heavy (non-hydrogen) atoms. The van der Waals surface area contributed by atoms with E-state index in [4.69, 9.17) is 8.83 Å². The van der Waals surface area contributed by atoms with Crippen LogP contribution in [0.2, 0.25) is 0 Å². The first-order chi connectivity index (χ1) is 20.4. The number of anilines is 1. The summed E-state index contributed by atoms with van der Waals surface area (Å²) in [7, 11) is 4.11. The Morgan fingerprint density at radius 2 is 1.93 bits per heavy atom. The number of fused-ring (bicyclic) bond motifs is 5. The first-order valence-electron chi connectivity index (χ1n) is 14.9. The van der Waals surface area contributed by atoms with Crippen LogP contribution in [-0.2, 0) is 0 Å². The van der Waals surface area contributed by atoms with Gasteiger partial charge in [-0.15, -0.1) is 0 Å². The monoisotopic (exact) mass is 564 g/mol. The fraction of sp³-hybridized carbons (Fsp3) is 0.314. The molecule has 0 radical (unpaired) electrons. The van der Waals surface area contributed by atoms with Gasteiger partial charge in [-0.1, -0.05) is 38.3 Å². The summed E-state index contributed by atoms with van der Waals surface area (Å²) in [5.41, 5.74) is 6.42. The molecule has 0 amide bonds. The lowest BCUT2D eigenvalue weighted by molar-refractivity contribution is 0.297. The Kier molecular flexibility index (Phi) is 6.50. The van der Waals surface area contributed by atoms with Crippen molar-refractivity contribution in [1.82, 2.24) is 14.8 Å². The predicted molar refractivity (Wildman–Crippen MR) is 172 cm³/mol. The van der Waals surface area contributed by atoms with Crippen molar-refractivity contribution in [2.24, 2.45) is 0 Å². The number of benzene rings is 3. The molecule has 3 aromatic carbocycles. The number of nitrogens with zero attached hydrogens (tertiary/aromatic N) is 3. The Bertz CT molecular complexity index is 2020. The molecule has 6 nitrogen and oxygen atoms in total. The van der Waals surface area contributed by atoms with Gasteiger partial charge < -0.3 is 28.5 Å². The Hall–Kier alpha value is -4.23. The van der Waals surface area contributed by atoms with E-state index in [1.165, 1.54) is 12.8 Å². The normalized spacial score (nSPS) is 16.0. The van der Waals surface area contributed by atoms with Crippen molar-refractivity contribution in [3.8, 4) is 5.69 Å². The van der Waals surface area contributed by atoms with Crippen LogP contribution in [0.15, 0.2) is 64.1 Å². The molecule has 0 bridgehead atoms. The number of hydrogen-bond acceptors (Lipinski definition) is 5. The van der Waals surface area contributed by atoms with Crippen molar-refractivity contribution in [2.75, 3.05) is 38.6 Å². The number of halogens is 1. The van der Waals surface area contributed by atoms with Crippen LogP contribution in [0.3, 0.4) is 0 Å². The highest BCUT2D eigenvalue weighted by molar-refractivity contribution is 6.10. The number of aromatic nitrogens is 1. The summed E-state index contributed by atoms with van der Waals surface area (Å²) < 4.78 is 31.0. The van der Waals surface area contributed by atoms with E-state index in [1.807, 2.05) is 48.3 Å². The van der Waals surface area contributed by atoms with Gasteiger partial charge in [0.25, 0.3) is 0 Å². The quantitative estimate of drug-likeness (QED) is 0.154. The maximum atomic E-state index is 16.0. The maximum Gasteiger partial charge on any atom is 0.178 e. The number of likely N-dealkylation sites (tertiary alicyclic amines) is 1. The summed E-state index contributed by atoms with van der Waals surface area (Å²) in [4.78, 5) is 4.36. The lowest BCUT2D eigenvalue weighted by Gasteiger charge is -2.26. The molecule has 3 aliphatic rings. The first kappa shape index (κ1) is 26.7. The molecule has 1 atom stereocenters. The lowest BCUT2D eigenvalue weighted by Crippen LogP contribution is -2.29. The van der Waals surface area contributed by atoms with Gasteiger partial charge in [-0.25, -0.2) is 4.39 Å². The van der Waals surface area contributed by atoms with Crippen molar-refractivity contribution < 1.29 is 13.2 Å². The third-order valence-corrected chi connectivity index (χ3v) is 9.02. The van der Waals surface area contributed by atoms with Crippen molar-refractivity contribution in [3.05, 3.63) is 71.8 Å². The van der Waals surface area contributed by atoms with E-state index in [2.05, 4.69) is 48.1 Å². The van der Waals surface area contributed by atoms with Gasteiger partial charge in [-0.05, 0) is 62.7 Å². The van der Waals surface area contributed by atoms with Gasteiger partial charge in [0.15, 0.2) is 17.0 Å². The molecule has 1 fully saturated rings. The van der Waals surface area contributed by atoms with Gasteiger partial charge in [0.1, 0.15) is 16.9 Å². The van der Waals surface area contributed by atoms with Gasteiger partial charge in [-0.2, -0.15) is 0 Å². The minimum Gasteiger partial charge on any atom is -0.456 e. The molecule has 0 aliphatic carbocycles. The van der Waals surface area contributed by atoms with Gasteiger partial charge >= 0.3 is 0 Å². The Morgan fingerprint density at radius 1 is 1.10 bits per heavy atom. The zero-order valence-electron chi connectivity index (χ0n) is 24.6. The van der Waals surface area contributed by atoms with Crippen molar-refractivity contribution in [1.29, 1.82) is 0 Å². The van der Waals surface area contributed by atoms with E-state index in [0.717, 1.165) is 75.6 Å². The summed E-state index contributed by atoms with van der Waals surface area (Å²) in [6.45, 7) is 13.6. The number of pyridine rings is 1. The molecule has 0 saturated carbocycles. The third-order valence-electron chi connectivity index (χ3n) is 9.02. The molecule has 1 N–H and O–H groups in total. The number of hydrogen-bond donors (Lipinski definition) is 1. The van der Waals surface area contributed by atoms with Crippen LogP contribution >= 0.6 is 0 Å². The Labute approximate surface area is 244 Å². The van der Waals surface area contributed by atoms with Crippen LogP contribution in [0.5, 0.6) is 0 Å². The first-order valence-corrected chi connectivity index (χ1v) is 14.9. The van der Waals surface area contributed by atoms with Crippen LogP contribution in [0.25, 0.3) is 62.0 Å². The average Bonchev–Trinajstić information content (AvgIpc) is 3.55. The standard InChI is InChI=1S/C35H37FN4O2/c1-6-15-39(5)34-28(36)17-25-21(2)27(22(3)37-14-13-23-10-9-16-38(23)4)20-40-29-19-31-26(18-32(29)42-35(34)33(25)40)24-11-7-8-12-30(24)41-31/h7-8,11-12,17-20,23,37H,2-3,6,9-10,13-16H2,1,4-5H3. The molecular weight excluding hydrogens is 527 g/mol. The summed E-state index contributed by atoms with van der Waals surface area (Å²) in [6, 6.07) is 14.2. The maximum absolute atomic E-state index is 16.0. The largest absolute Gasteiger partial charge is 0.456 e. The highest BCUT2D eigenvalue weighted by atomic mass is 19.1. The predicted octanol–water partition coefficient (Wildman–Crippen LogP) is 7.44. The zero-order valence-corrected chi connectivity index (χ0v) is 24.6. The number of furan rings is 1. The number of nitrogens with one attached hydrogen (secondary N) is 1. The van der Waals surface area contributed by atoms with Crippen molar-refractivity contribution in [2.45, 2.75) is 38.6 Å². The average molecular weight is 565 g/mol. The van der Waals surface area contributed by atoms with E-state index in [0.29, 0.717) is 34.8 Å². The SMILES string of the molecule is C=C(NCCC1CCCN1C)c1cn2c3cc4oc5ccccc5c4cc3oc3c(N(C)CCC)c(F)cc(c3-2)c1=C. The molecule has 3 aliphatic heterocycles. The van der Waals surface area contributed by atoms with Crippen molar-refractivity contribution >= 4 is 62.0 Å². The molecule has 1 aromatic heterocycles. The van der Waals surface area contributed by atoms with Crippen LogP contribution < -0.4 is 15.4 Å². The molecular formula is C35H37FN4O2. The minimum absolute atomic E-state index is 0.330. The summed E-state index contributed by atoms with van der Waals surface area (Å²) >= 11 is 0. The van der Waals surface area contributed by atoms with E-state index in [9.17, 15) is 0 Å². The van der Waals surface area contributed by atoms with Gasteiger partial charge in [-0.3, -0.25) is 0 Å². The molecule has 7 rings (SSSR count). The van der Waals surface area contributed by atoms with Crippen LogP contribution in [0.1, 0.15) is 38.2 Å². The Morgan fingerprint density at radius 3 is 2.71 bits per heavy atom. The second kappa shape index (κ2) is 10.2. The molecule has 1 saturated heterocycles. The second-order valence-electron chi connectivity index (χ2n) is 11.7. The summed E-state index contributed by atoms with van der Waals surface area (Å²) in [6.07, 6.45) is 6.46. The minimum atomic E-state index is -0.330. The fourth-order valence-electron chi connectivity index (χ4n) is 6.79. The number of rotatable bonds is 8. The molecule has 4 aromatic rings. The third kappa shape index (κ3) is 4.18. The van der Waals surface area contributed by atoms with Crippen LogP contribution in [-0.4, -0.2) is 49.2 Å². The fourth-order valence-corrected chi connectivity index (χ4v) is 6.79. The highest BCUT2D eigenvalue weighted by Gasteiger charge is 2.26. The molecule has 216 valence electrons. The van der Waals surface area contributed by atoms with Crippen molar-refractivity contribution in [3.63, 3.8) is 0 Å². The van der Waals surface area contributed by atoms with E-state index in [-0.39, 0.29) is 5.82 Å². The smallest absolute Gasteiger partial charge is 0.178 e. The second-order valence-corrected chi connectivity index (χ2v) is 11.7. The van der Waals surface area contributed by atoms with Crippen LogP contribution in [0, 0.1) is 5.82 Å². The zero-order chi connectivity index (χ0) is 29.1. The molecule has 7 heteroatoms. The van der Waals surface area contributed by atoms with Gasteiger partial charge in [0, 0.05) is 65.9 Å². The summed E-state index contributed by atoms with van der Waals surface area (Å²) in [5, 5.41) is 6.93. The van der Waals surface area contributed by atoms with Crippen LogP contribution in [0.4, 0.5) is 10.1 Å². The Balaban J connectivity index is 1.45. The van der Waals surface area contributed by atoms with E-state index >= 15 is 4.39 Å².